The molecule has 0 radical (unpaired) electrons. The van der Waals surface area contributed by atoms with Crippen LogP contribution in [0, 0.1) is 0 Å². The van der Waals surface area contributed by atoms with Crippen LogP contribution in [0.2, 0.25) is 0 Å². The van der Waals surface area contributed by atoms with Crippen molar-refractivity contribution in [2.24, 2.45) is 5.73 Å². The Morgan fingerprint density at radius 2 is 2.07 bits per heavy atom. The molecule has 0 spiro atoms. The van der Waals surface area contributed by atoms with E-state index in [4.69, 9.17) is 5.73 Å². The molecule has 0 aliphatic rings. The molecule has 0 fully saturated rings. The van der Waals surface area contributed by atoms with Gasteiger partial charge in [0.25, 0.3) is 0 Å². The Kier molecular flexibility index (Phi) is 3.91. The standard InChI is InChI=1S/C8H11F3N2S/c9-8(10,11)7-2-1-6(14-7)5-13-4-3-12/h1-2,13H,3-5,12H2. The molecule has 1 aromatic rings. The van der Waals surface area contributed by atoms with Crippen LogP contribution < -0.4 is 11.1 Å². The van der Waals surface area contributed by atoms with Crippen LogP contribution in [0.4, 0.5) is 13.2 Å². The Labute approximate surface area is 83.9 Å². The maximum atomic E-state index is 12.2. The first-order chi connectivity index (χ1) is 6.54. The van der Waals surface area contributed by atoms with Crippen molar-refractivity contribution in [3.8, 4) is 0 Å². The minimum absolute atomic E-state index is 0.442. The second kappa shape index (κ2) is 4.77. The first-order valence-corrected chi connectivity index (χ1v) is 4.92. The summed E-state index contributed by atoms with van der Waals surface area (Å²) in [7, 11) is 0. The lowest BCUT2D eigenvalue weighted by molar-refractivity contribution is -0.134. The number of hydrogen-bond acceptors (Lipinski definition) is 3. The minimum Gasteiger partial charge on any atom is -0.329 e. The summed E-state index contributed by atoms with van der Waals surface area (Å²) in [5.41, 5.74) is 5.23. The van der Waals surface area contributed by atoms with Crippen molar-refractivity contribution in [1.82, 2.24) is 5.32 Å². The molecule has 14 heavy (non-hydrogen) atoms. The smallest absolute Gasteiger partial charge is 0.329 e. The van der Waals surface area contributed by atoms with E-state index >= 15 is 0 Å². The maximum absolute atomic E-state index is 12.2. The van der Waals surface area contributed by atoms with Gasteiger partial charge in [-0.3, -0.25) is 0 Å². The van der Waals surface area contributed by atoms with Gasteiger partial charge in [-0.2, -0.15) is 13.2 Å². The molecule has 0 bridgehead atoms. The average Bonchev–Trinajstić information content (AvgIpc) is 2.52. The molecule has 0 saturated heterocycles. The molecule has 1 rings (SSSR count). The summed E-state index contributed by atoms with van der Waals surface area (Å²) in [5.74, 6) is 0. The molecule has 0 aromatic carbocycles. The highest BCUT2D eigenvalue weighted by atomic mass is 32.1. The van der Waals surface area contributed by atoms with Crippen molar-refractivity contribution in [3.63, 3.8) is 0 Å². The summed E-state index contributed by atoms with van der Waals surface area (Å²) in [6.07, 6.45) is -4.23. The summed E-state index contributed by atoms with van der Waals surface area (Å²) < 4.78 is 36.5. The molecule has 0 saturated carbocycles. The third-order valence-corrected chi connectivity index (χ3v) is 2.69. The van der Waals surface area contributed by atoms with E-state index in [0.717, 1.165) is 17.4 Å². The van der Waals surface area contributed by atoms with Crippen molar-refractivity contribution >= 4 is 11.3 Å². The van der Waals surface area contributed by atoms with E-state index in [9.17, 15) is 13.2 Å². The van der Waals surface area contributed by atoms with Crippen molar-refractivity contribution in [3.05, 3.63) is 21.9 Å². The minimum atomic E-state index is -4.23. The van der Waals surface area contributed by atoms with Gasteiger partial charge in [0.2, 0.25) is 0 Å². The number of thiophene rings is 1. The Morgan fingerprint density at radius 1 is 1.36 bits per heavy atom. The van der Waals surface area contributed by atoms with Gasteiger partial charge in [-0.05, 0) is 12.1 Å². The SMILES string of the molecule is NCCNCc1ccc(C(F)(F)F)s1. The van der Waals surface area contributed by atoms with E-state index in [1.165, 1.54) is 6.07 Å². The molecule has 1 aromatic heterocycles. The summed E-state index contributed by atoms with van der Waals surface area (Å²) in [6.45, 7) is 1.54. The lowest BCUT2D eigenvalue weighted by Gasteiger charge is -2.01. The van der Waals surface area contributed by atoms with Crippen LogP contribution in [0.25, 0.3) is 0 Å². The van der Waals surface area contributed by atoms with Gasteiger partial charge < -0.3 is 11.1 Å². The topological polar surface area (TPSA) is 38.0 Å². The molecule has 80 valence electrons. The maximum Gasteiger partial charge on any atom is 0.425 e. The Hall–Kier alpha value is -0.590. The fourth-order valence-corrected chi connectivity index (χ4v) is 1.78. The van der Waals surface area contributed by atoms with Gasteiger partial charge in [-0.25, -0.2) is 0 Å². The second-order valence-electron chi connectivity index (χ2n) is 2.73. The summed E-state index contributed by atoms with van der Waals surface area (Å²) in [4.78, 5) is 0.118. The van der Waals surface area contributed by atoms with Crippen LogP contribution in [-0.2, 0) is 12.7 Å². The predicted octanol–water partition coefficient (Wildman–Crippen LogP) is 1.82. The quantitative estimate of drug-likeness (QED) is 0.765. The predicted molar refractivity (Wildman–Crippen MR) is 50.1 cm³/mol. The highest BCUT2D eigenvalue weighted by molar-refractivity contribution is 7.12. The Morgan fingerprint density at radius 3 is 2.57 bits per heavy atom. The van der Waals surface area contributed by atoms with Crippen molar-refractivity contribution in [2.75, 3.05) is 13.1 Å². The summed E-state index contributed by atoms with van der Waals surface area (Å²) >= 11 is 0.762. The largest absolute Gasteiger partial charge is 0.425 e. The molecular formula is C8H11F3N2S. The number of rotatable bonds is 4. The van der Waals surface area contributed by atoms with E-state index in [1.807, 2.05) is 0 Å². The fraction of sp³-hybridized carbons (Fsp3) is 0.500. The molecule has 1 heterocycles. The summed E-state index contributed by atoms with van der Waals surface area (Å²) in [5, 5.41) is 2.93. The van der Waals surface area contributed by atoms with Gasteiger partial charge in [0.1, 0.15) is 4.88 Å². The number of alkyl halides is 3. The van der Waals surface area contributed by atoms with Gasteiger partial charge in [-0.15, -0.1) is 11.3 Å². The highest BCUT2D eigenvalue weighted by Gasteiger charge is 2.32. The van der Waals surface area contributed by atoms with Crippen LogP contribution in [0.5, 0.6) is 0 Å². The van der Waals surface area contributed by atoms with E-state index in [0.29, 0.717) is 24.5 Å². The van der Waals surface area contributed by atoms with Crippen LogP contribution in [0.15, 0.2) is 12.1 Å². The third kappa shape index (κ3) is 3.28. The normalized spacial score (nSPS) is 12.0. The molecular weight excluding hydrogens is 213 g/mol. The Bertz CT molecular complexity index is 282. The fourth-order valence-electron chi connectivity index (χ4n) is 0.939. The number of halogens is 3. The van der Waals surface area contributed by atoms with Gasteiger partial charge in [0.15, 0.2) is 0 Å². The zero-order valence-electron chi connectivity index (χ0n) is 7.40. The molecule has 6 heteroatoms. The van der Waals surface area contributed by atoms with Gasteiger partial charge in [0, 0.05) is 24.5 Å². The van der Waals surface area contributed by atoms with Crippen LogP contribution in [-0.4, -0.2) is 13.1 Å². The first-order valence-electron chi connectivity index (χ1n) is 4.10. The van der Waals surface area contributed by atoms with E-state index in [2.05, 4.69) is 5.32 Å². The lowest BCUT2D eigenvalue weighted by Crippen LogP contribution is -2.21. The van der Waals surface area contributed by atoms with Gasteiger partial charge >= 0.3 is 6.18 Å². The van der Waals surface area contributed by atoms with Crippen molar-refractivity contribution < 1.29 is 13.2 Å². The molecule has 0 aliphatic carbocycles. The van der Waals surface area contributed by atoms with Crippen LogP contribution >= 0.6 is 11.3 Å². The number of hydrogen-bond donors (Lipinski definition) is 2. The molecule has 0 aliphatic heterocycles. The first kappa shape index (κ1) is 11.5. The lowest BCUT2D eigenvalue weighted by atomic mass is 10.4. The zero-order chi connectivity index (χ0) is 10.6. The van der Waals surface area contributed by atoms with Crippen molar-refractivity contribution in [2.45, 2.75) is 12.7 Å². The average molecular weight is 224 g/mol. The highest BCUT2D eigenvalue weighted by Crippen LogP contribution is 2.34. The number of nitrogens with one attached hydrogen (secondary N) is 1. The summed E-state index contributed by atoms with van der Waals surface area (Å²) in [6, 6.07) is 2.58. The molecule has 0 unspecified atom stereocenters. The molecule has 2 nitrogen and oxygen atoms in total. The monoisotopic (exact) mass is 224 g/mol. The van der Waals surface area contributed by atoms with Crippen LogP contribution in [0.3, 0.4) is 0 Å². The second-order valence-corrected chi connectivity index (χ2v) is 3.90. The Balaban J connectivity index is 2.51. The van der Waals surface area contributed by atoms with Gasteiger partial charge in [-0.1, -0.05) is 0 Å². The molecule has 0 amide bonds. The molecule has 0 atom stereocenters. The zero-order valence-corrected chi connectivity index (χ0v) is 8.21. The molecule has 3 N–H and O–H groups in total. The van der Waals surface area contributed by atoms with Crippen LogP contribution in [0.1, 0.15) is 9.75 Å². The van der Waals surface area contributed by atoms with E-state index in [-0.39, 0.29) is 0 Å². The van der Waals surface area contributed by atoms with Gasteiger partial charge in [0.05, 0.1) is 0 Å². The third-order valence-electron chi connectivity index (χ3n) is 1.56. The van der Waals surface area contributed by atoms with E-state index in [1.54, 1.807) is 0 Å². The van der Waals surface area contributed by atoms with Crippen molar-refractivity contribution in [1.29, 1.82) is 0 Å². The van der Waals surface area contributed by atoms with E-state index < -0.39 is 11.1 Å². The number of nitrogens with two attached hydrogens (primary N) is 1.